The van der Waals surface area contributed by atoms with Crippen LogP contribution in [0.1, 0.15) is 31.7 Å². The minimum absolute atomic E-state index is 0.0426. The van der Waals surface area contributed by atoms with Crippen LogP contribution in [0.5, 0.6) is 5.75 Å². The second kappa shape index (κ2) is 9.22. The van der Waals surface area contributed by atoms with Crippen molar-refractivity contribution in [1.82, 2.24) is 9.80 Å². The second-order valence-electron chi connectivity index (χ2n) is 7.47. The zero-order valence-corrected chi connectivity index (χ0v) is 16.4. The first-order valence-corrected chi connectivity index (χ1v) is 9.88. The molecule has 1 aromatic carbocycles. The molecule has 1 saturated carbocycles. The van der Waals surface area contributed by atoms with Crippen molar-refractivity contribution in [2.24, 2.45) is 5.92 Å². The van der Waals surface area contributed by atoms with Gasteiger partial charge in [0.05, 0.1) is 13.7 Å². The van der Waals surface area contributed by atoms with Gasteiger partial charge in [0.2, 0.25) is 5.91 Å². The van der Waals surface area contributed by atoms with Crippen LogP contribution >= 0.6 is 0 Å². The summed E-state index contributed by atoms with van der Waals surface area (Å²) in [4.78, 5) is 28.6. The first kappa shape index (κ1) is 19.7. The van der Waals surface area contributed by atoms with Gasteiger partial charge in [0.25, 0.3) is 5.91 Å². The quantitative estimate of drug-likeness (QED) is 0.699. The average Bonchev–Trinajstić information content (AvgIpc) is 3.54. The highest BCUT2D eigenvalue weighted by Crippen LogP contribution is 2.29. The van der Waals surface area contributed by atoms with Gasteiger partial charge in [-0.25, -0.2) is 0 Å². The van der Waals surface area contributed by atoms with Crippen LogP contribution in [0, 0.1) is 5.92 Å². The number of carbonyl (C=O) groups is 2. The van der Waals surface area contributed by atoms with Crippen molar-refractivity contribution in [3.63, 3.8) is 0 Å². The number of nitrogens with zero attached hydrogens (tertiary/aromatic N) is 2. The number of rotatable bonds is 8. The number of hydrogen-bond donors (Lipinski definition) is 0. The van der Waals surface area contributed by atoms with E-state index in [1.807, 2.05) is 41.0 Å². The van der Waals surface area contributed by atoms with Gasteiger partial charge in [0, 0.05) is 32.6 Å². The minimum atomic E-state index is -0.386. The van der Waals surface area contributed by atoms with E-state index in [1.54, 1.807) is 7.11 Å². The standard InChI is InChI=1S/C21H30N2O4/c1-16(27-15-18-3-4-18)21(25)23-13-11-22(12-14-23)20(24)10-7-17-5-8-19(26-2)9-6-17/h5-6,8-9,16,18H,3-4,7,10-15H2,1-2H3. The van der Waals surface area contributed by atoms with Gasteiger partial charge in [-0.2, -0.15) is 0 Å². The summed E-state index contributed by atoms with van der Waals surface area (Å²) in [7, 11) is 1.64. The third kappa shape index (κ3) is 5.70. The highest BCUT2D eigenvalue weighted by molar-refractivity contribution is 5.81. The average molecular weight is 374 g/mol. The summed E-state index contributed by atoms with van der Waals surface area (Å²) in [6, 6.07) is 7.81. The lowest BCUT2D eigenvalue weighted by Gasteiger charge is -2.36. The molecule has 0 spiro atoms. The third-order valence-corrected chi connectivity index (χ3v) is 5.36. The number of hydrogen-bond acceptors (Lipinski definition) is 4. The second-order valence-corrected chi connectivity index (χ2v) is 7.47. The highest BCUT2D eigenvalue weighted by atomic mass is 16.5. The summed E-state index contributed by atoms with van der Waals surface area (Å²) in [6.07, 6.45) is 3.26. The Balaban J connectivity index is 1.38. The van der Waals surface area contributed by atoms with E-state index in [1.165, 1.54) is 12.8 Å². The maximum absolute atomic E-state index is 12.5. The number of piperazine rings is 1. The van der Waals surface area contributed by atoms with Crippen molar-refractivity contribution in [2.45, 2.75) is 38.7 Å². The molecule has 27 heavy (non-hydrogen) atoms. The van der Waals surface area contributed by atoms with Gasteiger partial charge in [-0.3, -0.25) is 9.59 Å². The maximum atomic E-state index is 12.5. The lowest BCUT2D eigenvalue weighted by molar-refractivity contribution is -0.147. The van der Waals surface area contributed by atoms with Crippen LogP contribution < -0.4 is 4.74 Å². The molecule has 0 aromatic heterocycles. The minimum Gasteiger partial charge on any atom is -0.497 e. The third-order valence-electron chi connectivity index (χ3n) is 5.36. The van der Waals surface area contributed by atoms with Crippen LogP contribution in [0.3, 0.4) is 0 Å². The summed E-state index contributed by atoms with van der Waals surface area (Å²) in [5.74, 6) is 1.67. The number of aryl methyl sites for hydroxylation is 1. The van der Waals surface area contributed by atoms with E-state index in [2.05, 4.69) is 0 Å². The number of carbonyl (C=O) groups excluding carboxylic acids is 2. The van der Waals surface area contributed by atoms with Crippen molar-refractivity contribution in [3.05, 3.63) is 29.8 Å². The molecule has 148 valence electrons. The Labute approximate surface area is 161 Å². The monoisotopic (exact) mass is 374 g/mol. The van der Waals surface area contributed by atoms with Crippen LogP contribution in [0.15, 0.2) is 24.3 Å². The molecule has 1 aliphatic heterocycles. The largest absolute Gasteiger partial charge is 0.497 e. The Kier molecular flexibility index (Phi) is 6.72. The lowest BCUT2D eigenvalue weighted by atomic mass is 10.1. The van der Waals surface area contributed by atoms with Crippen molar-refractivity contribution >= 4 is 11.8 Å². The highest BCUT2D eigenvalue weighted by Gasteiger charge is 2.29. The Morgan fingerprint density at radius 1 is 1.07 bits per heavy atom. The summed E-state index contributed by atoms with van der Waals surface area (Å²) in [6.45, 7) is 4.90. The van der Waals surface area contributed by atoms with Crippen molar-refractivity contribution in [3.8, 4) is 5.75 Å². The molecular weight excluding hydrogens is 344 g/mol. The molecule has 6 nitrogen and oxygen atoms in total. The molecule has 1 saturated heterocycles. The Bertz CT molecular complexity index is 634. The van der Waals surface area contributed by atoms with Crippen LogP contribution in [0.4, 0.5) is 0 Å². The van der Waals surface area contributed by atoms with Gasteiger partial charge in [0.1, 0.15) is 11.9 Å². The fourth-order valence-corrected chi connectivity index (χ4v) is 3.27. The van der Waals surface area contributed by atoms with E-state index in [0.29, 0.717) is 51.5 Å². The SMILES string of the molecule is COc1ccc(CCC(=O)N2CCN(C(=O)C(C)OCC3CC3)CC2)cc1. The molecule has 1 unspecified atom stereocenters. The van der Waals surface area contributed by atoms with Crippen molar-refractivity contribution < 1.29 is 19.1 Å². The van der Waals surface area contributed by atoms with E-state index in [4.69, 9.17) is 9.47 Å². The van der Waals surface area contributed by atoms with Crippen molar-refractivity contribution in [2.75, 3.05) is 39.9 Å². The molecule has 1 heterocycles. The fourth-order valence-electron chi connectivity index (χ4n) is 3.27. The maximum Gasteiger partial charge on any atom is 0.251 e. The summed E-state index contributed by atoms with van der Waals surface area (Å²) < 4.78 is 10.8. The smallest absolute Gasteiger partial charge is 0.251 e. The van der Waals surface area contributed by atoms with Gasteiger partial charge in [-0.1, -0.05) is 12.1 Å². The zero-order chi connectivity index (χ0) is 19.2. The molecule has 0 radical (unpaired) electrons. The predicted octanol–water partition coefficient (Wildman–Crippen LogP) is 2.11. The molecule has 6 heteroatoms. The topological polar surface area (TPSA) is 59.1 Å². The molecule has 0 N–H and O–H groups in total. The van der Waals surface area contributed by atoms with Crippen LogP contribution in [-0.4, -0.2) is 67.6 Å². The van der Waals surface area contributed by atoms with Gasteiger partial charge < -0.3 is 19.3 Å². The summed E-state index contributed by atoms with van der Waals surface area (Å²) in [5, 5.41) is 0. The molecule has 2 fully saturated rings. The molecular formula is C21H30N2O4. The molecule has 0 bridgehead atoms. The molecule has 2 amide bonds. The molecule has 3 rings (SSSR count). The fraction of sp³-hybridized carbons (Fsp3) is 0.619. The van der Waals surface area contributed by atoms with E-state index in [-0.39, 0.29) is 17.9 Å². The number of ether oxygens (including phenoxy) is 2. The van der Waals surface area contributed by atoms with E-state index < -0.39 is 0 Å². The molecule has 2 aliphatic rings. The number of benzene rings is 1. The lowest BCUT2D eigenvalue weighted by Crippen LogP contribution is -2.52. The van der Waals surface area contributed by atoms with Gasteiger partial charge in [-0.05, 0) is 49.8 Å². The van der Waals surface area contributed by atoms with Crippen LogP contribution in [0.2, 0.25) is 0 Å². The van der Waals surface area contributed by atoms with E-state index >= 15 is 0 Å². The van der Waals surface area contributed by atoms with Gasteiger partial charge in [-0.15, -0.1) is 0 Å². The zero-order valence-electron chi connectivity index (χ0n) is 16.4. The van der Waals surface area contributed by atoms with Gasteiger partial charge >= 0.3 is 0 Å². The Morgan fingerprint density at radius 2 is 1.70 bits per heavy atom. The first-order chi connectivity index (χ1) is 13.1. The molecule has 1 atom stereocenters. The van der Waals surface area contributed by atoms with Crippen LogP contribution in [-0.2, 0) is 20.7 Å². The molecule has 1 aromatic rings. The van der Waals surface area contributed by atoms with E-state index in [9.17, 15) is 9.59 Å². The summed E-state index contributed by atoms with van der Waals surface area (Å²) in [5.41, 5.74) is 1.12. The Hall–Kier alpha value is -2.08. The Morgan fingerprint density at radius 3 is 2.30 bits per heavy atom. The van der Waals surface area contributed by atoms with Crippen molar-refractivity contribution in [1.29, 1.82) is 0 Å². The normalized spacial score (nSPS) is 18.3. The van der Waals surface area contributed by atoms with Crippen LogP contribution in [0.25, 0.3) is 0 Å². The number of methoxy groups -OCH3 is 1. The summed E-state index contributed by atoms with van der Waals surface area (Å²) >= 11 is 0. The number of amides is 2. The van der Waals surface area contributed by atoms with Gasteiger partial charge in [0.15, 0.2) is 0 Å². The first-order valence-electron chi connectivity index (χ1n) is 9.88. The predicted molar refractivity (Wildman–Crippen MR) is 103 cm³/mol. The van der Waals surface area contributed by atoms with E-state index in [0.717, 1.165) is 11.3 Å². The molecule has 1 aliphatic carbocycles.